The Morgan fingerprint density at radius 2 is 1.92 bits per heavy atom. The van der Waals surface area contributed by atoms with Crippen molar-refractivity contribution < 1.29 is 15.3 Å². The van der Waals surface area contributed by atoms with E-state index in [-0.39, 0.29) is 0 Å². The highest BCUT2D eigenvalue weighted by atomic mass is 16.5. The van der Waals surface area contributed by atoms with Crippen LogP contribution < -0.4 is 0 Å². The topological polar surface area (TPSA) is 60.7 Å². The van der Waals surface area contributed by atoms with Crippen LogP contribution in [0.25, 0.3) is 0 Å². The molecule has 0 amide bonds. The summed E-state index contributed by atoms with van der Waals surface area (Å²) in [5, 5.41) is 24.8. The van der Waals surface area contributed by atoms with Gasteiger partial charge in [0.15, 0.2) is 5.79 Å². The fourth-order valence-corrected chi connectivity index (χ4v) is 1.20. The molecule has 1 fully saturated rings. The molecule has 0 spiro atoms. The molecule has 0 saturated heterocycles. The Morgan fingerprint density at radius 3 is 2.08 bits per heavy atom. The van der Waals surface area contributed by atoms with Gasteiger partial charge in [0.1, 0.15) is 0 Å². The number of hydrogen-bond donors (Lipinski definition) is 3. The first-order valence-corrected chi connectivity index (χ1v) is 4.58. The van der Waals surface area contributed by atoms with E-state index in [2.05, 4.69) is 6.58 Å². The molecule has 3 nitrogen and oxygen atoms in total. The Balaban J connectivity index is 0.000000252. The van der Waals surface area contributed by atoms with Crippen molar-refractivity contribution in [1.82, 2.24) is 0 Å². The van der Waals surface area contributed by atoms with Crippen LogP contribution >= 0.6 is 0 Å². The van der Waals surface area contributed by atoms with Crippen LogP contribution in [0, 0.1) is 5.92 Å². The Labute approximate surface area is 79.7 Å². The van der Waals surface area contributed by atoms with Crippen molar-refractivity contribution in [2.75, 3.05) is 6.61 Å². The maximum absolute atomic E-state index is 8.68. The Bertz CT molecular complexity index is 152. The third kappa shape index (κ3) is 7.96. The van der Waals surface area contributed by atoms with E-state index in [1.54, 1.807) is 0 Å². The molecule has 0 aliphatic heterocycles. The predicted molar refractivity (Wildman–Crippen MR) is 52.1 cm³/mol. The van der Waals surface area contributed by atoms with Crippen LogP contribution in [0.4, 0.5) is 0 Å². The fraction of sp³-hybridized carbons (Fsp3) is 0.800. The zero-order chi connectivity index (χ0) is 10.5. The van der Waals surface area contributed by atoms with Gasteiger partial charge in [-0.1, -0.05) is 12.2 Å². The number of hydrogen-bond acceptors (Lipinski definition) is 3. The number of rotatable bonds is 1. The molecule has 13 heavy (non-hydrogen) atoms. The fourth-order valence-electron chi connectivity index (χ4n) is 1.20. The largest absolute Gasteiger partial charge is 0.396 e. The van der Waals surface area contributed by atoms with E-state index >= 15 is 0 Å². The summed E-state index contributed by atoms with van der Waals surface area (Å²) in [5.41, 5.74) is 1.24. The molecule has 0 heterocycles. The van der Waals surface area contributed by atoms with Crippen molar-refractivity contribution in [2.24, 2.45) is 5.92 Å². The molecule has 3 heteroatoms. The summed E-state index contributed by atoms with van der Waals surface area (Å²) < 4.78 is 0. The van der Waals surface area contributed by atoms with Gasteiger partial charge in [0, 0.05) is 12.5 Å². The summed E-state index contributed by atoms with van der Waals surface area (Å²) in [6, 6.07) is 0. The first-order valence-electron chi connectivity index (χ1n) is 4.58. The Kier molecular flexibility index (Phi) is 5.21. The second-order valence-corrected chi connectivity index (χ2v) is 3.92. The molecule has 1 atom stereocenters. The van der Waals surface area contributed by atoms with E-state index in [9.17, 15) is 0 Å². The normalized spacial score (nSPS) is 22.5. The minimum atomic E-state index is -1.50. The van der Waals surface area contributed by atoms with Crippen molar-refractivity contribution in [3.8, 4) is 0 Å². The van der Waals surface area contributed by atoms with Gasteiger partial charge in [0.2, 0.25) is 0 Å². The van der Waals surface area contributed by atoms with Gasteiger partial charge in [-0.2, -0.15) is 0 Å². The van der Waals surface area contributed by atoms with Crippen molar-refractivity contribution in [2.45, 2.75) is 38.9 Å². The van der Waals surface area contributed by atoms with Crippen molar-refractivity contribution in [3.63, 3.8) is 0 Å². The SMILES string of the molecule is C=C1CCCC1CO.CC(C)(O)O. The number of aliphatic hydroxyl groups excluding tert-OH is 1. The van der Waals surface area contributed by atoms with Crippen LogP contribution in [-0.4, -0.2) is 27.7 Å². The Hall–Kier alpha value is -0.380. The summed E-state index contributed by atoms with van der Waals surface area (Å²) in [4.78, 5) is 0. The van der Waals surface area contributed by atoms with Gasteiger partial charge in [-0.3, -0.25) is 0 Å². The van der Waals surface area contributed by atoms with Gasteiger partial charge in [0.05, 0.1) is 0 Å². The van der Waals surface area contributed by atoms with Gasteiger partial charge in [-0.15, -0.1) is 0 Å². The molecule has 0 aromatic rings. The van der Waals surface area contributed by atoms with Gasteiger partial charge in [-0.05, 0) is 33.1 Å². The third-order valence-corrected chi connectivity index (χ3v) is 1.85. The molecular weight excluding hydrogens is 168 g/mol. The van der Waals surface area contributed by atoms with E-state index < -0.39 is 5.79 Å². The molecule has 1 rings (SSSR count). The van der Waals surface area contributed by atoms with E-state index in [0.717, 1.165) is 12.8 Å². The van der Waals surface area contributed by atoms with Crippen molar-refractivity contribution in [1.29, 1.82) is 0 Å². The third-order valence-electron chi connectivity index (χ3n) is 1.85. The molecule has 3 N–H and O–H groups in total. The molecular formula is C10H20O3. The van der Waals surface area contributed by atoms with Crippen LogP contribution in [0.15, 0.2) is 12.2 Å². The van der Waals surface area contributed by atoms with E-state index in [4.69, 9.17) is 15.3 Å². The molecule has 0 aromatic carbocycles. The van der Waals surface area contributed by atoms with Crippen LogP contribution in [0.1, 0.15) is 33.1 Å². The summed E-state index contributed by atoms with van der Waals surface area (Å²) in [6.07, 6.45) is 3.50. The zero-order valence-corrected chi connectivity index (χ0v) is 8.45. The Morgan fingerprint density at radius 1 is 1.46 bits per heavy atom. The van der Waals surface area contributed by atoms with Gasteiger partial charge in [-0.25, -0.2) is 0 Å². The lowest BCUT2D eigenvalue weighted by molar-refractivity contribution is -0.127. The van der Waals surface area contributed by atoms with Crippen LogP contribution in [-0.2, 0) is 0 Å². The quantitative estimate of drug-likeness (QED) is 0.425. The van der Waals surface area contributed by atoms with E-state index in [0.29, 0.717) is 12.5 Å². The van der Waals surface area contributed by atoms with Crippen molar-refractivity contribution >= 4 is 0 Å². The first-order chi connectivity index (χ1) is 5.84. The van der Waals surface area contributed by atoms with Crippen LogP contribution in [0.3, 0.4) is 0 Å². The second kappa shape index (κ2) is 5.37. The summed E-state index contributed by atoms with van der Waals surface area (Å²) >= 11 is 0. The molecule has 1 saturated carbocycles. The maximum atomic E-state index is 8.68. The second-order valence-electron chi connectivity index (χ2n) is 3.92. The summed E-state index contributed by atoms with van der Waals surface area (Å²) in [6.45, 7) is 6.75. The van der Waals surface area contributed by atoms with Crippen LogP contribution in [0.5, 0.6) is 0 Å². The summed E-state index contributed by atoms with van der Waals surface area (Å²) in [7, 11) is 0. The number of aliphatic hydroxyl groups is 3. The predicted octanol–water partition coefficient (Wildman–Crippen LogP) is 1.04. The van der Waals surface area contributed by atoms with E-state index in [1.165, 1.54) is 25.8 Å². The lowest BCUT2D eigenvalue weighted by Gasteiger charge is -2.03. The van der Waals surface area contributed by atoms with Gasteiger partial charge < -0.3 is 15.3 Å². The standard InChI is InChI=1S/C7H12O.C3H8O2/c1-6-3-2-4-7(6)5-8;1-3(2,4)5/h7-8H,1-5H2;4-5H,1-2H3. The average Bonchev–Trinajstić information content (AvgIpc) is 2.31. The monoisotopic (exact) mass is 188 g/mol. The molecule has 78 valence electrons. The molecule has 1 aliphatic carbocycles. The lowest BCUT2D eigenvalue weighted by Crippen LogP contribution is -2.15. The van der Waals surface area contributed by atoms with Crippen LogP contribution in [0.2, 0.25) is 0 Å². The molecule has 0 bridgehead atoms. The zero-order valence-electron chi connectivity index (χ0n) is 8.45. The highest BCUT2D eigenvalue weighted by molar-refractivity contribution is 5.05. The van der Waals surface area contributed by atoms with Gasteiger partial charge in [0.25, 0.3) is 0 Å². The molecule has 0 aromatic heterocycles. The molecule has 1 unspecified atom stereocenters. The van der Waals surface area contributed by atoms with E-state index in [1.807, 2.05) is 0 Å². The average molecular weight is 188 g/mol. The molecule has 1 aliphatic rings. The minimum absolute atomic E-state index is 0.304. The molecule has 0 radical (unpaired) electrons. The summed E-state index contributed by atoms with van der Waals surface area (Å²) in [5.74, 6) is -1.07. The van der Waals surface area contributed by atoms with Crippen molar-refractivity contribution in [3.05, 3.63) is 12.2 Å². The maximum Gasteiger partial charge on any atom is 0.156 e. The first kappa shape index (κ1) is 12.6. The highest BCUT2D eigenvalue weighted by Gasteiger charge is 2.16. The highest BCUT2D eigenvalue weighted by Crippen LogP contribution is 2.28. The minimum Gasteiger partial charge on any atom is -0.396 e. The smallest absolute Gasteiger partial charge is 0.156 e. The lowest BCUT2D eigenvalue weighted by atomic mass is 10.1. The van der Waals surface area contributed by atoms with Gasteiger partial charge >= 0.3 is 0 Å².